The topological polar surface area (TPSA) is 83.0 Å². The first-order valence-electron chi connectivity index (χ1n) is 12.0. The zero-order chi connectivity index (χ0) is 25.8. The van der Waals surface area contributed by atoms with Crippen LogP contribution in [0.15, 0.2) is 89.7 Å². The van der Waals surface area contributed by atoms with E-state index in [1.54, 1.807) is 30.3 Å². The van der Waals surface area contributed by atoms with E-state index in [1.165, 1.54) is 6.21 Å². The van der Waals surface area contributed by atoms with Crippen LogP contribution in [0.3, 0.4) is 0 Å². The van der Waals surface area contributed by atoms with Crippen molar-refractivity contribution in [2.45, 2.75) is 20.8 Å². The molecule has 7 heteroatoms. The largest absolute Gasteiger partial charge is 0.494 e. The highest BCUT2D eigenvalue weighted by atomic mass is 16.5. The van der Waals surface area contributed by atoms with Crippen molar-refractivity contribution in [3.8, 4) is 5.75 Å². The molecule has 0 unspecified atom stereocenters. The first-order chi connectivity index (χ1) is 17.5. The predicted molar refractivity (Wildman–Crippen MR) is 145 cm³/mol. The quantitative estimate of drug-likeness (QED) is 0.232. The van der Waals surface area contributed by atoms with Gasteiger partial charge in [0.15, 0.2) is 0 Å². The van der Waals surface area contributed by atoms with Crippen molar-refractivity contribution in [2.75, 3.05) is 24.6 Å². The third kappa shape index (κ3) is 7.56. The number of anilines is 1. The Morgan fingerprint density at radius 2 is 1.50 bits per heavy atom. The molecule has 36 heavy (non-hydrogen) atoms. The number of hydrogen-bond acceptors (Lipinski definition) is 5. The number of hydrazone groups is 1. The number of carbonyl (C=O) groups is 2. The van der Waals surface area contributed by atoms with Gasteiger partial charge in [0.2, 0.25) is 0 Å². The second-order valence-electron chi connectivity index (χ2n) is 7.84. The number of nitrogens with one attached hydrogen (secondary N) is 2. The van der Waals surface area contributed by atoms with E-state index in [0.29, 0.717) is 12.2 Å². The highest BCUT2D eigenvalue weighted by Crippen LogP contribution is 2.17. The molecule has 3 rings (SSSR count). The van der Waals surface area contributed by atoms with Gasteiger partial charge in [0.05, 0.1) is 12.8 Å². The normalized spacial score (nSPS) is 11.2. The third-order valence-electron chi connectivity index (χ3n) is 5.43. The van der Waals surface area contributed by atoms with Crippen LogP contribution in [0.4, 0.5) is 5.69 Å². The maximum absolute atomic E-state index is 13.0. The summed E-state index contributed by atoms with van der Waals surface area (Å²) in [6.45, 7) is 8.52. The molecule has 0 saturated heterocycles. The van der Waals surface area contributed by atoms with Crippen LogP contribution in [-0.4, -0.2) is 37.7 Å². The summed E-state index contributed by atoms with van der Waals surface area (Å²) in [4.78, 5) is 28.0. The zero-order valence-electron chi connectivity index (χ0n) is 20.9. The van der Waals surface area contributed by atoms with E-state index in [9.17, 15) is 9.59 Å². The van der Waals surface area contributed by atoms with E-state index in [1.807, 2.05) is 61.5 Å². The fourth-order valence-electron chi connectivity index (χ4n) is 3.52. The fraction of sp³-hybridized carbons (Fsp3) is 0.207. The van der Waals surface area contributed by atoms with Gasteiger partial charge in [-0.05, 0) is 86.5 Å². The minimum atomic E-state index is -0.533. The Morgan fingerprint density at radius 1 is 0.861 bits per heavy atom. The van der Waals surface area contributed by atoms with Crippen LogP contribution < -0.4 is 20.4 Å². The van der Waals surface area contributed by atoms with Gasteiger partial charge >= 0.3 is 0 Å². The number of hydrogen-bond donors (Lipinski definition) is 2. The van der Waals surface area contributed by atoms with Gasteiger partial charge in [0, 0.05) is 24.3 Å². The van der Waals surface area contributed by atoms with Crippen LogP contribution in [0, 0.1) is 0 Å². The molecule has 0 spiro atoms. The van der Waals surface area contributed by atoms with Crippen molar-refractivity contribution in [3.05, 3.63) is 101 Å². The molecular weight excluding hydrogens is 452 g/mol. The molecule has 0 aliphatic carbocycles. The van der Waals surface area contributed by atoms with Crippen LogP contribution >= 0.6 is 0 Å². The minimum absolute atomic E-state index is 0.0864. The summed E-state index contributed by atoms with van der Waals surface area (Å²) in [5.74, 6) is -0.152. The maximum atomic E-state index is 13.0. The molecule has 0 aromatic heterocycles. The highest BCUT2D eigenvalue weighted by molar-refractivity contribution is 6.05. The molecule has 3 aromatic carbocycles. The van der Waals surface area contributed by atoms with Crippen LogP contribution in [0.5, 0.6) is 5.75 Å². The summed E-state index contributed by atoms with van der Waals surface area (Å²) in [5, 5.41) is 6.78. The average molecular weight is 485 g/mol. The van der Waals surface area contributed by atoms with Gasteiger partial charge < -0.3 is 15.0 Å². The van der Waals surface area contributed by atoms with Gasteiger partial charge in [-0.3, -0.25) is 9.59 Å². The third-order valence-corrected chi connectivity index (χ3v) is 5.43. The van der Waals surface area contributed by atoms with Crippen LogP contribution in [0.1, 0.15) is 42.3 Å². The molecule has 2 N–H and O–H groups in total. The lowest BCUT2D eigenvalue weighted by atomic mass is 10.1. The van der Waals surface area contributed by atoms with Crippen molar-refractivity contribution in [1.82, 2.24) is 10.7 Å². The van der Waals surface area contributed by atoms with Gasteiger partial charge in [-0.1, -0.05) is 30.3 Å². The van der Waals surface area contributed by atoms with E-state index >= 15 is 0 Å². The van der Waals surface area contributed by atoms with Crippen molar-refractivity contribution < 1.29 is 14.3 Å². The Balaban J connectivity index is 1.78. The minimum Gasteiger partial charge on any atom is -0.494 e. The fourth-order valence-corrected chi connectivity index (χ4v) is 3.52. The Labute approximate surface area is 212 Å². The summed E-state index contributed by atoms with van der Waals surface area (Å²) in [7, 11) is 0. The smallest absolute Gasteiger partial charge is 0.287 e. The Bertz CT molecular complexity index is 1180. The summed E-state index contributed by atoms with van der Waals surface area (Å²) in [6.07, 6.45) is 3.16. The van der Waals surface area contributed by atoms with Gasteiger partial charge in [-0.25, -0.2) is 5.43 Å². The highest BCUT2D eigenvalue weighted by Gasteiger charge is 2.14. The lowest BCUT2D eigenvalue weighted by Gasteiger charge is -2.20. The van der Waals surface area contributed by atoms with E-state index in [-0.39, 0.29) is 11.6 Å². The number of carbonyl (C=O) groups excluding carboxylic acids is 2. The van der Waals surface area contributed by atoms with E-state index in [4.69, 9.17) is 4.74 Å². The molecule has 2 amide bonds. The van der Waals surface area contributed by atoms with Crippen molar-refractivity contribution in [1.29, 1.82) is 0 Å². The molecule has 0 heterocycles. The average Bonchev–Trinajstić information content (AvgIpc) is 2.91. The number of benzene rings is 3. The first kappa shape index (κ1) is 26.2. The van der Waals surface area contributed by atoms with E-state index in [0.717, 1.165) is 35.7 Å². The summed E-state index contributed by atoms with van der Waals surface area (Å²) >= 11 is 0. The van der Waals surface area contributed by atoms with Crippen molar-refractivity contribution >= 4 is 29.8 Å². The van der Waals surface area contributed by atoms with E-state index in [2.05, 4.69) is 34.6 Å². The molecule has 0 radical (unpaired) electrons. The molecule has 0 saturated carbocycles. The van der Waals surface area contributed by atoms with Gasteiger partial charge in [-0.15, -0.1) is 0 Å². The molecular formula is C29H32N4O3. The SMILES string of the molecule is CCOc1ccc(/C=N\NC(=O)/C(=C\c2ccc(N(CC)CC)cc2)NC(=O)c2ccccc2)cc1. The second kappa shape index (κ2) is 13.5. The molecule has 0 aliphatic rings. The van der Waals surface area contributed by atoms with Crippen molar-refractivity contribution in [2.24, 2.45) is 5.10 Å². The maximum Gasteiger partial charge on any atom is 0.287 e. The lowest BCUT2D eigenvalue weighted by Crippen LogP contribution is -2.32. The molecule has 7 nitrogen and oxygen atoms in total. The summed E-state index contributed by atoms with van der Waals surface area (Å²) in [6, 6.07) is 23.9. The number of rotatable bonds is 11. The van der Waals surface area contributed by atoms with Crippen LogP contribution in [0.2, 0.25) is 0 Å². The Kier molecular flexibility index (Phi) is 9.82. The lowest BCUT2D eigenvalue weighted by molar-refractivity contribution is -0.117. The molecule has 186 valence electrons. The number of ether oxygens (including phenoxy) is 1. The second-order valence-corrected chi connectivity index (χ2v) is 7.84. The van der Waals surface area contributed by atoms with Gasteiger partial charge in [0.25, 0.3) is 11.8 Å². The molecule has 0 fully saturated rings. The molecule has 3 aromatic rings. The Hall–Kier alpha value is -4.39. The molecule has 0 bridgehead atoms. The molecule has 0 aliphatic heterocycles. The monoisotopic (exact) mass is 484 g/mol. The zero-order valence-corrected chi connectivity index (χ0v) is 20.9. The molecule has 0 atom stereocenters. The van der Waals surface area contributed by atoms with Crippen LogP contribution in [0.25, 0.3) is 6.08 Å². The summed E-state index contributed by atoms with van der Waals surface area (Å²) < 4.78 is 5.43. The number of amides is 2. The van der Waals surface area contributed by atoms with Gasteiger partial charge in [0.1, 0.15) is 11.4 Å². The van der Waals surface area contributed by atoms with Gasteiger partial charge in [-0.2, -0.15) is 5.10 Å². The standard InChI is InChI=1S/C29H32N4O3/c1-4-33(5-2)25-16-12-22(13-17-25)20-27(31-28(34)24-10-8-7-9-11-24)29(35)32-30-21-23-14-18-26(19-15-23)36-6-3/h7-21H,4-6H2,1-3H3,(H,31,34)(H,32,35)/b27-20+,30-21-. The Morgan fingerprint density at radius 3 is 2.11 bits per heavy atom. The predicted octanol–water partition coefficient (Wildman–Crippen LogP) is 4.85. The van der Waals surface area contributed by atoms with Crippen LogP contribution in [-0.2, 0) is 4.79 Å². The van der Waals surface area contributed by atoms with Crippen molar-refractivity contribution in [3.63, 3.8) is 0 Å². The number of nitrogens with zero attached hydrogens (tertiary/aromatic N) is 2. The first-order valence-corrected chi connectivity index (χ1v) is 12.0. The summed E-state index contributed by atoms with van der Waals surface area (Å²) in [5.41, 5.74) is 5.71. The van der Waals surface area contributed by atoms with E-state index < -0.39 is 5.91 Å².